The molecule has 1 aromatic rings. The van der Waals surface area contributed by atoms with Gasteiger partial charge >= 0.3 is 0 Å². The van der Waals surface area contributed by atoms with Crippen LogP contribution >= 0.6 is 11.6 Å². The molecule has 1 aliphatic carbocycles. The minimum atomic E-state index is 0.471. The number of methoxy groups -OCH3 is 2. The van der Waals surface area contributed by atoms with Crippen molar-refractivity contribution in [2.45, 2.75) is 39.2 Å². The van der Waals surface area contributed by atoms with E-state index in [0.717, 1.165) is 17.4 Å². The zero-order valence-corrected chi connectivity index (χ0v) is 13.5. The number of nitrogens with one attached hydrogen (secondary N) is 1. The van der Waals surface area contributed by atoms with Gasteiger partial charge in [-0.05, 0) is 18.3 Å². The number of halogens is 1. The molecule has 1 fully saturated rings. The molecule has 0 saturated heterocycles. The van der Waals surface area contributed by atoms with Gasteiger partial charge in [-0.1, -0.05) is 38.3 Å². The highest BCUT2D eigenvalue weighted by molar-refractivity contribution is 6.32. The smallest absolute Gasteiger partial charge is 0.143 e. The maximum Gasteiger partial charge on any atom is 0.143 e. The Balaban J connectivity index is 2.23. The van der Waals surface area contributed by atoms with E-state index in [0.29, 0.717) is 22.7 Å². The van der Waals surface area contributed by atoms with Gasteiger partial charge < -0.3 is 14.8 Å². The number of benzene rings is 1. The van der Waals surface area contributed by atoms with Crippen molar-refractivity contribution in [3.05, 3.63) is 17.2 Å². The fourth-order valence-electron chi connectivity index (χ4n) is 2.96. The van der Waals surface area contributed by atoms with Crippen LogP contribution in [0.3, 0.4) is 0 Å². The summed E-state index contributed by atoms with van der Waals surface area (Å²) in [6, 6.07) is 4.20. The summed E-state index contributed by atoms with van der Waals surface area (Å²) in [4.78, 5) is 0. The van der Waals surface area contributed by atoms with Crippen LogP contribution in [0.25, 0.3) is 0 Å². The first-order valence-corrected chi connectivity index (χ1v) is 7.62. The van der Waals surface area contributed by atoms with Crippen molar-refractivity contribution in [1.29, 1.82) is 0 Å². The lowest BCUT2D eigenvalue weighted by molar-refractivity contribution is 0.252. The highest BCUT2D eigenvalue weighted by Crippen LogP contribution is 2.38. The van der Waals surface area contributed by atoms with Crippen LogP contribution in [-0.2, 0) is 0 Å². The van der Waals surface area contributed by atoms with Crippen molar-refractivity contribution in [2.75, 3.05) is 19.5 Å². The van der Waals surface area contributed by atoms with E-state index < -0.39 is 0 Å². The zero-order valence-electron chi connectivity index (χ0n) is 12.7. The van der Waals surface area contributed by atoms with Gasteiger partial charge in [0.05, 0.1) is 24.9 Å². The molecular formula is C16H24ClNO2. The Hall–Kier alpha value is -1.09. The van der Waals surface area contributed by atoms with Gasteiger partial charge in [-0.2, -0.15) is 0 Å². The Morgan fingerprint density at radius 3 is 2.45 bits per heavy atom. The van der Waals surface area contributed by atoms with Gasteiger partial charge in [0, 0.05) is 18.2 Å². The van der Waals surface area contributed by atoms with E-state index in [2.05, 4.69) is 19.2 Å². The molecule has 3 atom stereocenters. The first kappa shape index (κ1) is 15.3. The van der Waals surface area contributed by atoms with Crippen LogP contribution in [0.1, 0.15) is 33.1 Å². The largest absolute Gasteiger partial charge is 0.495 e. The lowest BCUT2D eigenvalue weighted by atomic mass is 9.78. The van der Waals surface area contributed by atoms with Gasteiger partial charge in [-0.15, -0.1) is 0 Å². The SMILES string of the molecule is COc1cc(NC2CCCC(C)C2C)c(OC)cc1Cl. The number of rotatable bonds is 4. The molecule has 0 heterocycles. The Labute approximate surface area is 126 Å². The molecule has 3 unspecified atom stereocenters. The lowest BCUT2D eigenvalue weighted by Gasteiger charge is -2.35. The van der Waals surface area contributed by atoms with Gasteiger partial charge in [0.1, 0.15) is 11.5 Å². The summed E-state index contributed by atoms with van der Waals surface area (Å²) in [6.45, 7) is 4.65. The molecule has 3 nitrogen and oxygen atoms in total. The molecule has 2 rings (SSSR count). The summed E-state index contributed by atoms with van der Waals surface area (Å²) in [5.41, 5.74) is 0.958. The molecule has 0 radical (unpaired) electrons. The second kappa shape index (κ2) is 6.57. The second-order valence-electron chi connectivity index (χ2n) is 5.71. The number of anilines is 1. The Morgan fingerprint density at radius 1 is 1.10 bits per heavy atom. The third-order valence-corrected chi connectivity index (χ3v) is 4.82. The molecule has 112 valence electrons. The third-order valence-electron chi connectivity index (χ3n) is 4.52. The van der Waals surface area contributed by atoms with Crippen molar-refractivity contribution in [1.82, 2.24) is 0 Å². The highest BCUT2D eigenvalue weighted by atomic mass is 35.5. The number of ether oxygens (including phenoxy) is 2. The summed E-state index contributed by atoms with van der Waals surface area (Å²) < 4.78 is 10.7. The van der Waals surface area contributed by atoms with Crippen LogP contribution in [-0.4, -0.2) is 20.3 Å². The first-order chi connectivity index (χ1) is 9.56. The fraction of sp³-hybridized carbons (Fsp3) is 0.625. The summed E-state index contributed by atoms with van der Waals surface area (Å²) in [5, 5.41) is 4.19. The molecule has 0 bridgehead atoms. The molecule has 0 aliphatic heterocycles. The molecule has 0 amide bonds. The standard InChI is InChI=1S/C16H24ClNO2/c1-10-6-5-7-13(11(10)2)18-14-9-15(19-3)12(17)8-16(14)20-4/h8-11,13,18H,5-7H2,1-4H3. The maximum atomic E-state index is 6.14. The zero-order chi connectivity index (χ0) is 14.7. The molecule has 1 aliphatic rings. The normalized spacial score (nSPS) is 26.1. The van der Waals surface area contributed by atoms with Crippen LogP contribution in [0.15, 0.2) is 12.1 Å². The molecule has 1 aromatic carbocycles. The molecule has 4 heteroatoms. The Morgan fingerprint density at radius 2 is 1.80 bits per heavy atom. The topological polar surface area (TPSA) is 30.5 Å². The van der Waals surface area contributed by atoms with Gasteiger partial charge in [-0.25, -0.2) is 0 Å². The van der Waals surface area contributed by atoms with Crippen LogP contribution in [0.5, 0.6) is 11.5 Å². The van der Waals surface area contributed by atoms with Crippen LogP contribution in [0.4, 0.5) is 5.69 Å². The van der Waals surface area contributed by atoms with E-state index in [4.69, 9.17) is 21.1 Å². The van der Waals surface area contributed by atoms with Crippen molar-refractivity contribution < 1.29 is 9.47 Å². The molecular weight excluding hydrogens is 274 g/mol. The molecule has 1 saturated carbocycles. The summed E-state index contributed by atoms with van der Waals surface area (Å²) in [6.07, 6.45) is 3.79. The molecule has 0 aromatic heterocycles. The Kier molecular flexibility index (Phi) is 5.03. The van der Waals surface area contributed by atoms with Crippen LogP contribution in [0.2, 0.25) is 5.02 Å². The first-order valence-electron chi connectivity index (χ1n) is 7.24. The van der Waals surface area contributed by atoms with Crippen molar-refractivity contribution in [3.8, 4) is 11.5 Å². The van der Waals surface area contributed by atoms with Gasteiger partial charge in [0.25, 0.3) is 0 Å². The fourth-order valence-corrected chi connectivity index (χ4v) is 3.19. The van der Waals surface area contributed by atoms with Gasteiger partial charge in [0.2, 0.25) is 0 Å². The summed E-state index contributed by atoms with van der Waals surface area (Å²) in [5.74, 6) is 2.84. The van der Waals surface area contributed by atoms with E-state index >= 15 is 0 Å². The Bertz CT molecular complexity index is 464. The highest BCUT2D eigenvalue weighted by Gasteiger charge is 2.27. The van der Waals surface area contributed by atoms with Crippen LogP contribution in [0, 0.1) is 11.8 Å². The third kappa shape index (κ3) is 3.14. The predicted octanol–water partition coefficient (Wildman–Crippen LogP) is 4.59. The van der Waals surface area contributed by atoms with Gasteiger partial charge in [-0.3, -0.25) is 0 Å². The van der Waals surface area contributed by atoms with E-state index in [1.807, 2.05) is 6.07 Å². The van der Waals surface area contributed by atoms with Crippen molar-refractivity contribution >= 4 is 17.3 Å². The molecule has 0 spiro atoms. The predicted molar refractivity (Wildman–Crippen MR) is 84.1 cm³/mol. The van der Waals surface area contributed by atoms with E-state index in [-0.39, 0.29) is 0 Å². The van der Waals surface area contributed by atoms with Crippen molar-refractivity contribution in [2.24, 2.45) is 11.8 Å². The maximum absolute atomic E-state index is 6.14. The summed E-state index contributed by atoms with van der Waals surface area (Å²) >= 11 is 6.14. The average Bonchev–Trinajstić information content (AvgIpc) is 2.45. The average molecular weight is 298 g/mol. The van der Waals surface area contributed by atoms with E-state index in [1.54, 1.807) is 20.3 Å². The number of hydrogen-bond acceptors (Lipinski definition) is 3. The van der Waals surface area contributed by atoms with Crippen molar-refractivity contribution in [3.63, 3.8) is 0 Å². The van der Waals surface area contributed by atoms with Crippen LogP contribution < -0.4 is 14.8 Å². The second-order valence-corrected chi connectivity index (χ2v) is 6.11. The quantitative estimate of drug-likeness (QED) is 0.881. The van der Waals surface area contributed by atoms with E-state index in [1.165, 1.54) is 19.3 Å². The van der Waals surface area contributed by atoms with Gasteiger partial charge in [0.15, 0.2) is 0 Å². The monoisotopic (exact) mass is 297 g/mol. The summed E-state index contributed by atoms with van der Waals surface area (Å²) in [7, 11) is 3.29. The molecule has 1 N–H and O–H groups in total. The minimum Gasteiger partial charge on any atom is -0.495 e. The number of hydrogen-bond donors (Lipinski definition) is 1. The molecule has 20 heavy (non-hydrogen) atoms. The lowest BCUT2D eigenvalue weighted by Crippen LogP contribution is -2.35. The minimum absolute atomic E-state index is 0.471. The van der Waals surface area contributed by atoms with E-state index in [9.17, 15) is 0 Å².